The van der Waals surface area contributed by atoms with Crippen LogP contribution in [0.1, 0.15) is 29.5 Å². The number of anilines is 1. The number of fused-ring (bicyclic) bond motifs is 1. The Morgan fingerprint density at radius 3 is 2.24 bits per heavy atom. The van der Waals surface area contributed by atoms with E-state index in [1.54, 1.807) is 14.0 Å². The topological polar surface area (TPSA) is 56.6 Å². The van der Waals surface area contributed by atoms with E-state index < -0.39 is 11.3 Å². The van der Waals surface area contributed by atoms with Crippen molar-refractivity contribution in [1.29, 1.82) is 5.26 Å². The number of piperazine rings is 1. The van der Waals surface area contributed by atoms with Crippen LogP contribution in [-0.2, 0) is 4.79 Å². The van der Waals surface area contributed by atoms with Crippen molar-refractivity contribution in [3.05, 3.63) is 108 Å². The monoisotopic (exact) mass is 503 g/mol. The van der Waals surface area contributed by atoms with Crippen LogP contribution in [0.15, 0.2) is 91.0 Å². The summed E-state index contributed by atoms with van der Waals surface area (Å²) in [4.78, 5) is 18.5. The molecule has 1 heterocycles. The van der Waals surface area contributed by atoms with Gasteiger partial charge in [-0.05, 0) is 47.9 Å². The highest BCUT2D eigenvalue weighted by Gasteiger charge is 2.47. The van der Waals surface area contributed by atoms with Gasteiger partial charge in [-0.15, -0.1) is 0 Å². The van der Waals surface area contributed by atoms with Crippen LogP contribution in [0.2, 0.25) is 0 Å². The molecule has 5 heteroatoms. The van der Waals surface area contributed by atoms with Gasteiger partial charge in [0.25, 0.3) is 0 Å². The molecular weight excluding hydrogens is 470 g/mol. The molecule has 1 aliphatic rings. The van der Waals surface area contributed by atoms with Crippen molar-refractivity contribution in [3.63, 3.8) is 0 Å². The van der Waals surface area contributed by atoms with E-state index in [2.05, 4.69) is 54.3 Å². The quantitative estimate of drug-likeness (QED) is 0.316. The van der Waals surface area contributed by atoms with E-state index in [-0.39, 0.29) is 5.91 Å². The number of aryl methyl sites for hydroxylation is 1. The van der Waals surface area contributed by atoms with Gasteiger partial charge in [0.1, 0.15) is 11.2 Å². The summed E-state index contributed by atoms with van der Waals surface area (Å²) in [6, 6.07) is 32.8. The Hall–Kier alpha value is -4.30. The second-order valence-corrected chi connectivity index (χ2v) is 10.1. The summed E-state index contributed by atoms with van der Waals surface area (Å²) in [6.07, 6.45) is 0. The Balaban J connectivity index is 1.55. The first kappa shape index (κ1) is 25.4. The SMILES string of the molecule is COc1ccccc1[C@@H](c1cccc2ccccc12)[C@](C)(C#N)C(=O)N1CCN(c2ccccc2C)CC1. The van der Waals surface area contributed by atoms with Crippen LogP contribution in [0.25, 0.3) is 10.8 Å². The van der Waals surface area contributed by atoms with Crippen LogP contribution in [0, 0.1) is 23.7 Å². The van der Waals surface area contributed by atoms with Crippen LogP contribution >= 0.6 is 0 Å². The smallest absolute Gasteiger partial charge is 0.243 e. The maximum absolute atomic E-state index is 14.3. The number of benzene rings is 4. The molecule has 0 saturated carbocycles. The van der Waals surface area contributed by atoms with Gasteiger partial charge in [0.05, 0.1) is 13.2 Å². The highest BCUT2D eigenvalue weighted by molar-refractivity contribution is 5.91. The number of para-hydroxylation sites is 2. The summed E-state index contributed by atoms with van der Waals surface area (Å²) in [5, 5.41) is 12.8. The Morgan fingerprint density at radius 1 is 0.868 bits per heavy atom. The molecular formula is C33H33N3O2. The van der Waals surface area contributed by atoms with E-state index >= 15 is 0 Å². The number of nitriles is 1. The molecule has 1 saturated heterocycles. The number of hydrogen-bond acceptors (Lipinski definition) is 4. The number of amides is 1. The second-order valence-electron chi connectivity index (χ2n) is 10.1. The number of carbonyl (C=O) groups excluding carboxylic acids is 1. The number of nitrogens with zero attached hydrogens (tertiary/aromatic N) is 3. The van der Waals surface area contributed by atoms with Gasteiger partial charge >= 0.3 is 0 Å². The average molecular weight is 504 g/mol. The molecule has 0 aromatic heterocycles. The van der Waals surface area contributed by atoms with E-state index in [0.717, 1.165) is 35.0 Å². The molecule has 1 aliphatic heterocycles. The highest BCUT2D eigenvalue weighted by Crippen LogP contribution is 2.47. The van der Waals surface area contributed by atoms with E-state index in [1.165, 1.54) is 11.3 Å². The lowest BCUT2D eigenvalue weighted by molar-refractivity contribution is -0.139. The molecule has 2 atom stereocenters. The molecule has 38 heavy (non-hydrogen) atoms. The summed E-state index contributed by atoms with van der Waals surface area (Å²) in [6.45, 7) is 6.50. The molecule has 5 rings (SSSR count). The first-order valence-corrected chi connectivity index (χ1v) is 13.1. The van der Waals surface area contributed by atoms with Crippen molar-refractivity contribution >= 4 is 22.4 Å². The molecule has 0 spiro atoms. The first-order chi connectivity index (χ1) is 18.5. The third kappa shape index (κ3) is 4.48. The maximum Gasteiger partial charge on any atom is 0.243 e. The molecule has 1 amide bonds. The van der Waals surface area contributed by atoms with Crippen molar-refractivity contribution in [2.24, 2.45) is 5.41 Å². The fourth-order valence-corrected chi connectivity index (χ4v) is 5.83. The first-order valence-electron chi connectivity index (χ1n) is 13.1. The third-order valence-electron chi connectivity index (χ3n) is 7.86. The number of methoxy groups -OCH3 is 1. The van der Waals surface area contributed by atoms with Crippen molar-refractivity contribution in [1.82, 2.24) is 4.90 Å². The standard InChI is InChI=1S/C33H33N3O2/c1-24-11-4-8-17-29(24)35-19-21-36(22-20-35)32(37)33(2,23-34)31(28-15-7-9-18-30(28)38-3)27-16-10-13-25-12-5-6-14-26(25)27/h4-18,31H,19-22H2,1-3H3/t31-,33+/m1/s1. The van der Waals surface area contributed by atoms with Gasteiger partial charge in [-0.3, -0.25) is 4.79 Å². The maximum atomic E-state index is 14.3. The zero-order valence-corrected chi connectivity index (χ0v) is 22.2. The third-order valence-corrected chi connectivity index (χ3v) is 7.86. The van der Waals surface area contributed by atoms with Crippen molar-refractivity contribution in [3.8, 4) is 11.8 Å². The molecule has 0 bridgehead atoms. The van der Waals surface area contributed by atoms with Gasteiger partial charge in [-0.1, -0.05) is 78.9 Å². The van der Waals surface area contributed by atoms with E-state index in [4.69, 9.17) is 4.74 Å². The fourth-order valence-electron chi connectivity index (χ4n) is 5.83. The Kier molecular flexibility index (Phi) is 7.07. The number of ether oxygens (including phenoxy) is 1. The number of rotatable bonds is 6. The molecule has 192 valence electrons. The second kappa shape index (κ2) is 10.6. The fraction of sp³-hybridized carbons (Fsp3) is 0.273. The van der Waals surface area contributed by atoms with Gasteiger partial charge in [-0.2, -0.15) is 5.26 Å². The molecule has 4 aromatic rings. The Morgan fingerprint density at radius 2 is 1.50 bits per heavy atom. The average Bonchev–Trinajstić information content (AvgIpc) is 2.97. The predicted octanol–water partition coefficient (Wildman–Crippen LogP) is 6.17. The van der Waals surface area contributed by atoms with Gasteiger partial charge in [-0.25, -0.2) is 0 Å². The van der Waals surface area contributed by atoms with Crippen LogP contribution in [0.5, 0.6) is 5.75 Å². The zero-order valence-electron chi connectivity index (χ0n) is 22.2. The lowest BCUT2D eigenvalue weighted by Crippen LogP contribution is -2.54. The lowest BCUT2D eigenvalue weighted by Gasteiger charge is -2.41. The predicted molar refractivity (Wildman–Crippen MR) is 152 cm³/mol. The van der Waals surface area contributed by atoms with Crippen LogP contribution < -0.4 is 9.64 Å². The summed E-state index contributed by atoms with van der Waals surface area (Å²) in [7, 11) is 1.63. The summed E-state index contributed by atoms with van der Waals surface area (Å²) >= 11 is 0. The van der Waals surface area contributed by atoms with Crippen molar-refractivity contribution in [2.45, 2.75) is 19.8 Å². The van der Waals surface area contributed by atoms with Crippen LogP contribution in [0.4, 0.5) is 5.69 Å². The van der Waals surface area contributed by atoms with Crippen molar-refractivity contribution in [2.75, 3.05) is 38.2 Å². The molecule has 0 radical (unpaired) electrons. The zero-order chi connectivity index (χ0) is 26.7. The van der Waals surface area contributed by atoms with Gasteiger partial charge in [0.2, 0.25) is 5.91 Å². The van der Waals surface area contributed by atoms with Gasteiger partial charge < -0.3 is 14.5 Å². The van der Waals surface area contributed by atoms with Crippen LogP contribution in [0.3, 0.4) is 0 Å². The molecule has 0 N–H and O–H groups in total. The molecule has 1 fully saturated rings. The van der Waals surface area contributed by atoms with Gasteiger partial charge in [0.15, 0.2) is 0 Å². The summed E-state index contributed by atoms with van der Waals surface area (Å²) < 4.78 is 5.76. The Labute approximate surface area is 224 Å². The normalized spacial score (nSPS) is 15.9. The number of hydrogen-bond donors (Lipinski definition) is 0. The summed E-state index contributed by atoms with van der Waals surface area (Å²) in [5.41, 5.74) is 2.86. The highest BCUT2D eigenvalue weighted by atomic mass is 16.5. The van der Waals surface area contributed by atoms with Gasteiger partial charge in [0, 0.05) is 43.3 Å². The molecule has 4 aromatic carbocycles. The Bertz CT molecular complexity index is 1490. The van der Waals surface area contributed by atoms with Crippen LogP contribution in [-0.4, -0.2) is 44.1 Å². The molecule has 5 nitrogen and oxygen atoms in total. The van der Waals surface area contributed by atoms with E-state index in [9.17, 15) is 10.1 Å². The largest absolute Gasteiger partial charge is 0.496 e. The summed E-state index contributed by atoms with van der Waals surface area (Å²) in [5.74, 6) is 0.00834. The molecule has 0 unspecified atom stereocenters. The molecule has 0 aliphatic carbocycles. The minimum Gasteiger partial charge on any atom is -0.496 e. The lowest BCUT2D eigenvalue weighted by atomic mass is 9.68. The van der Waals surface area contributed by atoms with E-state index in [0.29, 0.717) is 18.8 Å². The minimum atomic E-state index is -1.34. The van der Waals surface area contributed by atoms with Crippen molar-refractivity contribution < 1.29 is 9.53 Å². The number of carbonyl (C=O) groups is 1. The van der Waals surface area contributed by atoms with E-state index in [1.807, 2.05) is 59.5 Å². The minimum absolute atomic E-state index is 0.145.